The van der Waals surface area contributed by atoms with Crippen molar-refractivity contribution in [2.24, 2.45) is 0 Å². The number of halogens is 2. The van der Waals surface area contributed by atoms with Crippen molar-refractivity contribution in [1.82, 2.24) is 10.2 Å². The maximum Gasteiger partial charge on any atom is 0.314 e. The van der Waals surface area contributed by atoms with Gasteiger partial charge in [0.1, 0.15) is 11.5 Å². The summed E-state index contributed by atoms with van der Waals surface area (Å²) in [7, 11) is 0. The van der Waals surface area contributed by atoms with Crippen LogP contribution in [0.5, 0.6) is 11.5 Å². The lowest BCUT2D eigenvalue weighted by Gasteiger charge is -2.13. The van der Waals surface area contributed by atoms with Crippen molar-refractivity contribution in [2.45, 2.75) is 51.9 Å². The third-order valence-electron chi connectivity index (χ3n) is 3.78. The molecule has 0 saturated heterocycles. The van der Waals surface area contributed by atoms with Crippen molar-refractivity contribution in [3.05, 3.63) is 36.0 Å². The molecule has 0 atom stereocenters. The minimum atomic E-state index is -3.54. The molecular formula is C19H24F2N2O4. The number of hydrogen-bond acceptors (Lipinski definition) is 6. The fourth-order valence-corrected chi connectivity index (χ4v) is 2.29. The van der Waals surface area contributed by atoms with Crippen molar-refractivity contribution < 1.29 is 27.5 Å². The number of rotatable bonds is 12. The second kappa shape index (κ2) is 9.99. The molecule has 0 fully saturated rings. The van der Waals surface area contributed by atoms with E-state index >= 15 is 0 Å². The summed E-state index contributed by atoms with van der Waals surface area (Å²) in [6.45, 7) is 4.43. The standard InChI is InChI=1S/C19H24F2N2O4/c1-3-4-11-25-15-8-7-9-16(13-15)26-12-6-5-10-19(20,21)17(24)18-23-22-14(2)27-18/h7-9,13H,3-6,10-12H2,1-2H3. The molecule has 0 saturated carbocycles. The Morgan fingerprint density at radius 2 is 1.78 bits per heavy atom. The third kappa shape index (κ3) is 6.62. The summed E-state index contributed by atoms with van der Waals surface area (Å²) in [6, 6.07) is 7.21. The maximum absolute atomic E-state index is 13.9. The Morgan fingerprint density at radius 1 is 1.11 bits per heavy atom. The zero-order valence-corrected chi connectivity index (χ0v) is 15.5. The summed E-state index contributed by atoms with van der Waals surface area (Å²) in [5.74, 6) is -4.23. The predicted octanol–water partition coefficient (Wildman–Crippen LogP) is 4.62. The minimum absolute atomic E-state index is 0.0726. The third-order valence-corrected chi connectivity index (χ3v) is 3.78. The number of alkyl halides is 2. The molecule has 2 aromatic rings. The van der Waals surface area contributed by atoms with E-state index in [1.807, 2.05) is 12.1 Å². The molecule has 0 amide bonds. The lowest BCUT2D eigenvalue weighted by Crippen LogP contribution is -2.29. The van der Waals surface area contributed by atoms with Gasteiger partial charge >= 0.3 is 5.92 Å². The summed E-state index contributed by atoms with van der Waals surface area (Å²) >= 11 is 0. The summed E-state index contributed by atoms with van der Waals surface area (Å²) in [5.41, 5.74) is 0. The molecule has 1 heterocycles. The molecule has 8 heteroatoms. The number of ketones is 1. The molecule has 0 unspecified atom stereocenters. The topological polar surface area (TPSA) is 74.5 Å². The summed E-state index contributed by atoms with van der Waals surface area (Å²) in [4.78, 5) is 11.7. The van der Waals surface area contributed by atoms with E-state index in [0.717, 1.165) is 12.8 Å². The van der Waals surface area contributed by atoms with E-state index in [9.17, 15) is 13.6 Å². The highest BCUT2D eigenvalue weighted by molar-refractivity contribution is 5.97. The van der Waals surface area contributed by atoms with Crippen molar-refractivity contribution in [1.29, 1.82) is 0 Å². The number of carbonyl (C=O) groups excluding carboxylic acids is 1. The van der Waals surface area contributed by atoms with E-state index in [2.05, 4.69) is 17.1 Å². The maximum atomic E-state index is 13.9. The Kier molecular flexibility index (Phi) is 7.69. The number of hydrogen-bond donors (Lipinski definition) is 0. The molecular weight excluding hydrogens is 358 g/mol. The van der Waals surface area contributed by atoms with Gasteiger partial charge in [-0.2, -0.15) is 8.78 Å². The SMILES string of the molecule is CCCCOc1cccc(OCCCCC(F)(F)C(=O)c2nnc(C)o2)c1. The summed E-state index contributed by atoms with van der Waals surface area (Å²) in [5, 5.41) is 6.74. The van der Waals surface area contributed by atoms with E-state index < -0.39 is 24.0 Å². The molecule has 0 aliphatic carbocycles. The van der Waals surface area contributed by atoms with Gasteiger partial charge < -0.3 is 13.9 Å². The molecule has 0 radical (unpaired) electrons. The van der Waals surface area contributed by atoms with Crippen LogP contribution in [0.3, 0.4) is 0 Å². The van der Waals surface area contributed by atoms with Crippen molar-refractivity contribution in [3.63, 3.8) is 0 Å². The van der Waals surface area contributed by atoms with Crippen molar-refractivity contribution in [2.75, 3.05) is 13.2 Å². The van der Waals surface area contributed by atoms with Gasteiger partial charge in [-0.25, -0.2) is 0 Å². The minimum Gasteiger partial charge on any atom is -0.493 e. The fraction of sp³-hybridized carbons (Fsp3) is 0.526. The number of benzene rings is 1. The van der Waals surface area contributed by atoms with Crippen LogP contribution >= 0.6 is 0 Å². The first-order valence-electron chi connectivity index (χ1n) is 9.01. The fourth-order valence-electron chi connectivity index (χ4n) is 2.29. The number of aromatic nitrogens is 2. The van der Waals surface area contributed by atoms with Gasteiger partial charge in [0.15, 0.2) is 0 Å². The van der Waals surface area contributed by atoms with Gasteiger partial charge in [-0.15, -0.1) is 10.2 Å². The van der Waals surface area contributed by atoms with Crippen LogP contribution < -0.4 is 9.47 Å². The lowest BCUT2D eigenvalue weighted by atomic mass is 10.1. The van der Waals surface area contributed by atoms with Crippen LogP contribution in [0.1, 0.15) is 55.6 Å². The van der Waals surface area contributed by atoms with Crippen molar-refractivity contribution in [3.8, 4) is 11.5 Å². The lowest BCUT2D eigenvalue weighted by molar-refractivity contribution is -0.0000898. The van der Waals surface area contributed by atoms with Gasteiger partial charge in [-0.05, 0) is 31.4 Å². The van der Waals surface area contributed by atoms with Gasteiger partial charge in [0.05, 0.1) is 13.2 Å². The first kappa shape index (κ1) is 20.8. The van der Waals surface area contributed by atoms with Gasteiger partial charge in [0, 0.05) is 19.4 Å². The van der Waals surface area contributed by atoms with Crippen LogP contribution in [0.25, 0.3) is 0 Å². The molecule has 0 N–H and O–H groups in total. The smallest absolute Gasteiger partial charge is 0.314 e. The average molecular weight is 382 g/mol. The first-order valence-corrected chi connectivity index (χ1v) is 9.01. The molecule has 6 nitrogen and oxygen atoms in total. The molecule has 2 rings (SSSR count). The van der Waals surface area contributed by atoms with E-state index in [1.54, 1.807) is 12.1 Å². The van der Waals surface area contributed by atoms with Crippen molar-refractivity contribution >= 4 is 5.78 Å². The van der Waals surface area contributed by atoms with Crippen LogP contribution in [0, 0.1) is 6.92 Å². The second-order valence-corrected chi connectivity index (χ2v) is 6.14. The predicted molar refractivity (Wildman–Crippen MR) is 94.5 cm³/mol. The number of unbranched alkanes of at least 4 members (excludes halogenated alkanes) is 2. The Labute approximate surface area is 156 Å². The summed E-state index contributed by atoms with van der Waals surface area (Å²) in [6.07, 6.45) is 1.93. The largest absolute Gasteiger partial charge is 0.493 e. The number of Topliss-reactive ketones (excluding diaryl/α,β-unsaturated/α-hetero) is 1. The Hall–Kier alpha value is -2.51. The molecule has 1 aromatic carbocycles. The van der Waals surface area contributed by atoms with Crippen LogP contribution in [-0.4, -0.2) is 35.1 Å². The zero-order chi connectivity index (χ0) is 19.7. The number of aryl methyl sites for hydroxylation is 1. The number of carbonyl (C=O) groups is 1. The van der Waals surface area contributed by atoms with E-state index in [0.29, 0.717) is 24.5 Å². The van der Waals surface area contributed by atoms with Gasteiger partial charge in [0.2, 0.25) is 5.89 Å². The van der Waals surface area contributed by atoms with Crippen LogP contribution in [-0.2, 0) is 0 Å². The normalized spacial score (nSPS) is 11.4. The number of nitrogens with zero attached hydrogens (tertiary/aromatic N) is 2. The van der Waals surface area contributed by atoms with E-state index in [-0.39, 0.29) is 18.9 Å². The molecule has 148 valence electrons. The van der Waals surface area contributed by atoms with Gasteiger partial charge in [0.25, 0.3) is 11.7 Å². The molecule has 0 aliphatic rings. The van der Waals surface area contributed by atoms with Crippen LogP contribution in [0.4, 0.5) is 8.78 Å². The van der Waals surface area contributed by atoms with Crippen LogP contribution in [0.15, 0.2) is 28.7 Å². The highest BCUT2D eigenvalue weighted by Crippen LogP contribution is 2.26. The molecule has 27 heavy (non-hydrogen) atoms. The first-order chi connectivity index (χ1) is 12.9. The second-order valence-electron chi connectivity index (χ2n) is 6.14. The molecule has 0 spiro atoms. The molecule has 0 aliphatic heterocycles. The van der Waals surface area contributed by atoms with E-state index in [1.165, 1.54) is 6.92 Å². The quantitative estimate of drug-likeness (QED) is 0.394. The average Bonchev–Trinajstić information content (AvgIpc) is 3.07. The number of ether oxygens (including phenoxy) is 2. The van der Waals surface area contributed by atoms with Crippen LogP contribution in [0.2, 0.25) is 0 Å². The molecule has 0 bridgehead atoms. The highest BCUT2D eigenvalue weighted by Gasteiger charge is 2.41. The van der Waals surface area contributed by atoms with Gasteiger partial charge in [-0.1, -0.05) is 19.4 Å². The Bertz CT molecular complexity index is 734. The zero-order valence-electron chi connectivity index (χ0n) is 15.5. The summed E-state index contributed by atoms with van der Waals surface area (Å²) < 4.78 is 43.8. The van der Waals surface area contributed by atoms with E-state index in [4.69, 9.17) is 13.9 Å². The Balaban J connectivity index is 1.72. The molecule has 1 aromatic heterocycles. The van der Waals surface area contributed by atoms with Gasteiger partial charge in [-0.3, -0.25) is 4.79 Å². The highest BCUT2D eigenvalue weighted by atomic mass is 19.3. The Morgan fingerprint density at radius 3 is 2.37 bits per heavy atom. The monoisotopic (exact) mass is 382 g/mol.